The minimum Gasteiger partial charge on any atom is -0.468 e. The number of hydrogen-bond acceptors (Lipinski definition) is 4. The number of carbonyl (C=O) groups excluding carboxylic acids is 1. The van der Waals surface area contributed by atoms with Crippen LogP contribution in [0, 0.1) is 0 Å². The maximum atomic E-state index is 12.4. The van der Waals surface area contributed by atoms with Gasteiger partial charge in [0.2, 0.25) is 0 Å². The first-order valence-electron chi connectivity index (χ1n) is 6.91. The van der Waals surface area contributed by atoms with Crippen LogP contribution in [-0.2, 0) is 13.0 Å². The number of benzene rings is 1. The molecule has 0 saturated carbocycles. The average Bonchev–Trinajstić information content (AvgIpc) is 3.13. The van der Waals surface area contributed by atoms with Gasteiger partial charge in [0.05, 0.1) is 18.8 Å². The summed E-state index contributed by atoms with van der Waals surface area (Å²) in [5.74, 6) is 0.953. The molecule has 20 heavy (non-hydrogen) atoms. The summed E-state index contributed by atoms with van der Waals surface area (Å²) in [6.07, 6.45) is 2.63. The molecule has 1 aliphatic rings. The first-order chi connectivity index (χ1) is 9.74. The number of carbonyl (C=O) groups is 1. The van der Waals surface area contributed by atoms with Gasteiger partial charge in [-0.05, 0) is 49.2 Å². The third-order valence-electron chi connectivity index (χ3n) is 3.66. The summed E-state index contributed by atoms with van der Waals surface area (Å²) in [5, 5.41) is 6.49. The zero-order valence-corrected chi connectivity index (χ0v) is 11.5. The summed E-state index contributed by atoms with van der Waals surface area (Å²) >= 11 is 0. The molecule has 0 fully saturated rings. The molecule has 104 valence electrons. The molecule has 2 heterocycles. The van der Waals surface area contributed by atoms with Crippen molar-refractivity contribution in [1.82, 2.24) is 5.32 Å². The smallest absolute Gasteiger partial charge is 0.179 e. The van der Waals surface area contributed by atoms with Crippen LogP contribution in [0.1, 0.15) is 28.6 Å². The van der Waals surface area contributed by atoms with Gasteiger partial charge in [-0.25, -0.2) is 0 Å². The van der Waals surface area contributed by atoms with Crippen LogP contribution in [0.5, 0.6) is 0 Å². The Morgan fingerprint density at radius 2 is 2.35 bits per heavy atom. The molecule has 4 nitrogen and oxygen atoms in total. The number of ketones is 1. The Morgan fingerprint density at radius 1 is 1.45 bits per heavy atom. The molecule has 0 aliphatic carbocycles. The minimum absolute atomic E-state index is 0.117. The predicted octanol–water partition coefficient (Wildman–Crippen LogP) is 2.61. The highest BCUT2D eigenvalue weighted by atomic mass is 16.3. The summed E-state index contributed by atoms with van der Waals surface area (Å²) in [4.78, 5) is 12.4. The van der Waals surface area contributed by atoms with Crippen molar-refractivity contribution >= 4 is 11.5 Å². The predicted molar refractivity (Wildman–Crippen MR) is 78.0 cm³/mol. The Hall–Kier alpha value is -2.07. The lowest BCUT2D eigenvalue weighted by Gasteiger charge is -2.12. The molecular weight excluding hydrogens is 252 g/mol. The summed E-state index contributed by atoms with van der Waals surface area (Å²) in [7, 11) is 0. The number of Topliss-reactive ketones (excluding diaryl/α,β-unsaturated/α-hetero) is 1. The standard InChI is InChI=1S/C16H18N2O2/c1-11(18-10-14-3-2-8-20-14)16(19)13-4-5-15-12(9-13)6-7-17-15/h2-5,8-9,11,17-18H,6-7,10H2,1H3. The number of anilines is 1. The van der Waals surface area contributed by atoms with Gasteiger partial charge in [0.15, 0.2) is 5.78 Å². The SMILES string of the molecule is CC(NCc1ccco1)C(=O)c1ccc2c(c1)CCN2. The van der Waals surface area contributed by atoms with Crippen LogP contribution >= 0.6 is 0 Å². The lowest BCUT2D eigenvalue weighted by Crippen LogP contribution is -2.33. The molecule has 1 atom stereocenters. The van der Waals surface area contributed by atoms with Crippen LogP contribution in [0.3, 0.4) is 0 Å². The van der Waals surface area contributed by atoms with Gasteiger partial charge >= 0.3 is 0 Å². The van der Waals surface area contributed by atoms with Crippen LogP contribution in [0.4, 0.5) is 5.69 Å². The maximum absolute atomic E-state index is 12.4. The van der Waals surface area contributed by atoms with Gasteiger partial charge in [-0.1, -0.05) is 0 Å². The fourth-order valence-electron chi connectivity index (χ4n) is 2.47. The van der Waals surface area contributed by atoms with Gasteiger partial charge in [0.25, 0.3) is 0 Å². The van der Waals surface area contributed by atoms with Crippen molar-refractivity contribution in [3.63, 3.8) is 0 Å². The average molecular weight is 270 g/mol. The molecule has 0 amide bonds. The van der Waals surface area contributed by atoms with Crippen molar-refractivity contribution in [2.45, 2.75) is 25.9 Å². The zero-order chi connectivity index (χ0) is 13.9. The summed E-state index contributed by atoms with van der Waals surface area (Å²) in [6, 6.07) is 9.40. The van der Waals surface area contributed by atoms with Crippen LogP contribution in [0.25, 0.3) is 0 Å². The highest BCUT2D eigenvalue weighted by Gasteiger charge is 2.18. The molecule has 1 aromatic heterocycles. The molecule has 0 radical (unpaired) electrons. The Bertz CT molecular complexity index is 605. The summed E-state index contributed by atoms with van der Waals surface area (Å²) in [6.45, 7) is 3.41. The molecule has 2 aromatic rings. The quantitative estimate of drug-likeness (QED) is 0.820. The van der Waals surface area contributed by atoms with E-state index < -0.39 is 0 Å². The van der Waals surface area contributed by atoms with Crippen molar-refractivity contribution in [1.29, 1.82) is 0 Å². The van der Waals surface area contributed by atoms with E-state index in [-0.39, 0.29) is 11.8 Å². The van der Waals surface area contributed by atoms with Crippen LogP contribution in [0.15, 0.2) is 41.0 Å². The van der Waals surface area contributed by atoms with Crippen molar-refractivity contribution in [3.05, 3.63) is 53.5 Å². The molecule has 1 unspecified atom stereocenters. The third kappa shape index (κ3) is 2.60. The van der Waals surface area contributed by atoms with E-state index in [0.29, 0.717) is 6.54 Å². The molecule has 0 bridgehead atoms. The lowest BCUT2D eigenvalue weighted by atomic mass is 10.0. The van der Waals surface area contributed by atoms with Crippen molar-refractivity contribution in [3.8, 4) is 0 Å². The fraction of sp³-hybridized carbons (Fsp3) is 0.312. The first kappa shape index (κ1) is 12.9. The van der Waals surface area contributed by atoms with E-state index in [2.05, 4.69) is 10.6 Å². The van der Waals surface area contributed by atoms with Gasteiger partial charge in [-0.15, -0.1) is 0 Å². The second-order valence-electron chi connectivity index (χ2n) is 5.09. The van der Waals surface area contributed by atoms with Gasteiger partial charge in [-0.3, -0.25) is 4.79 Å². The van der Waals surface area contributed by atoms with E-state index in [4.69, 9.17) is 4.42 Å². The Labute approximate surface area is 118 Å². The zero-order valence-electron chi connectivity index (χ0n) is 11.5. The van der Waals surface area contributed by atoms with E-state index in [1.54, 1.807) is 6.26 Å². The number of hydrogen-bond donors (Lipinski definition) is 2. The Kier molecular flexibility index (Phi) is 3.56. The molecule has 0 spiro atoms. The van der Waals surface area contributed by atoms with E-state index in [1.807, 2.05) is 37.3 Å². The van der Waals surface area contributed by atoms with Crippen LogP contribution in [-0.4, -0.2) is 18.4 Å². The van der Waals surface area contributed by atoms with Gasteiger partial charge in [0, 0.05) is 17.8 Å². The van der Waals surface area contributed by atoms with E-state index >= 15 is 0 Å². The normalized spacial score (nSPS) is 14.7. The number of rotatable bonds is 5. The van der Waals surface area contributed by atoms with E-state index in [0.717, 1.165) is 30.0 Å². The molecular formula is C16H18N2O2. The highest BCUT2D eigenvalue weighted by molar-refractivity contribution is 6.00. The number of nitrogens with one attached hydrogen (secondary N) is 2. The van der Waals surface area contributed by atoms with Gasteiger partial charge in [-0.2, -0.15) is 0 Å². The molecule has 0 saturated heterocycles. The maximum Gasteiger partial charge on any atom is 0.179 e. The molecule has 3 rings (SSSR count). The Balaban J connectivity index is 1.65. The third-order valence-corrected chi connectivity index (χ3v) is 3.66. The van der Waals surface area contributed by atoms with Crippen molar-refractivity contribution in [2.75, 3.05) is 11.9 Å². The number of furan rings is 1. The lowest BCUT2D eigenvalue weighted by molar-refractivity contribution is 0.0949. The minimum atomic E-state index is -0.229. The second kappa shape index (κ2) is 5.51. The van der Waals surface area contributed by atoms with Crippen molar-refractivity contribution < 1.29 is 9.21 Å². The van der Waals surface area contributed by atoms with Crippen LogP contribution < -0.4 is 10.6 Å². The van der Waals surface area contributed by atoms with Gasteiger partial charge < -0.3 is 15.1 Å². The summed E-state index contributed by atoms with van der Waals surface area (Å²) < 4.78 is 5.25. The highest BCUT2D eigenvalue weighted by Crippen LogP contribution is 2.23. The fourth-order valence-corrected chi connectivity index (χ4v) is 2.47. The molecule has 1 aliphatic heterocycles. The second-order valence-corrected chi connectivity index (χ2v) is 5.09. The van der Waals surface area contributed by atoms with E-state index in [1.165, 1.54) is 5.56 Å². The van der Waals surface area contributed by atoms with E-state index in [9.17, 15) is 4.79 Å². The topological polar surface area (TPSA) is 54.3 Å². The largest absolute Gasteiger partial charge is 0.468 e. The summed E-state index contributed by atoms with van der Waals surface area (Å²) in [5.41, 5.74) is 3.15. The van der Waals surface area contributed by atoms with Crippen molar-refractivity contribution in [2.24, 2.45) is 0 Å². The monoisotopic (exact) mass is 270 g/mol. The Morgan fingerprint density at radius 3 is 3.15 bits per heavy atom. The first-order valence-corrected chi connectivity index (χ1v) is 6.91. The van der Waals surface area contributed by atoms with Crippen LogP contribution in [0.2, 0.25) is 0 Å². The molecule has 1 aromatic carbocycles. The molecule has 2 N–H and O–H groups in total. The molecule has 4 heteroatoms. The van der Waals surface area contributed by atoms with Gasteiger partial charge in [0.1, 0.15) is 5.76 Å². The number of fused-ring (bicyclic) bond motifs is 1.